The minimum atomic E-state index is -0.336. The molecule has 0 aromatic rings. The summed E-state index contributed by atoms with van der Waals surface area (Å²) in [4.78, 5) is 12.2. The molecule has 2 N–H and O–H groups in total. The molecule has 0 radical (unpaired) electrons. The summed E-state index contributed by atoms with van der Waals surface area (Å²) in [5.41, 5.74) is 1.87. The van der Waals surface area contributed by atoms with Crippen molar-refractivity contribution in [2.45, 2.75) is 63.8 Å². The molecule has 0 spiro atoms. The van der Waals surface area contributed by atoms with Crippen LogP contribution in [0.2, 0.25) is 0 Å². The van der Waals surface area contributed by atoms with Crippen LogP contribution in [0.5, 0.6) is 0 Å². The van der Waals surface area contributed by atoms with Gasteiger partial charge < -0.3 is 10.4 Å². The molecule has 2 fully saturated rings. The minimum Gasteiger partial charge on any atom is -0.394 e. The van der Waals surface area contributed by atoms with Gasteiger partial charge in [-0.3, -0.25) is 4.79 Å². The second kappa shape index (κ2) is 5.21. The third-order valence-electron chi connectivity index (χ3n) is 4.32. The predicted octanol–water partition coefficient (Wildman–Crippen LogP) is 2.30. The summed E-state index contributed by atoms with van der Waals surface area (Å²) in [5.74, 6) is 0.0397. The highest BCUT2D eigenvalue weighted by molar-refractivity contribution is 5.94. The molecule has 0 bridgehead atoms. The highest BCUT2D eigenvalue weighted by atomic mass is 16.3. The van der Waals surface area contributed by atoms with Crippen molar-refractivity contribution in [3.05, 3.63) is 11.1 Å². The first kappa shape index (κ1) is 12.6. The standard InChI is InChI=1S/C14H23NO2/c1-11(12-6-2-3-7-12)13(17)15-14(10-16)8-4-5-9-14/h16H,2-10H2,1H3,(H,15,17). The number of allylic oxidation sites excluding steroid dienone is 1. The van der Waals surface area contributed by atoms with Crippen LogP contribution in [0, 0.1) is 0 Å². The van der Waals surface area contributed by atoms with Crippen LogP contribution in [-0.4, -0.2) is 23.2 Å². The van der Waals surface area contributed by atoms with Crippen molar-refractivity contribution in [1.82, 2.24) is 5.32 Å². The molecule has 17 heavy (non-hydrogen) atoms. The lowest BCUT2D eigenvalue weighted by molar-refractivity contribution is -0.119. The van der Waals surface area contributed by atoms with Crippen LogP contribution in [0.3, 0.4) is 0 Å². The molecule has 1 amide bonds. The van der Waals surface area contributed by atoms with Gasteiger partial charge in [0, 0.05) is 5.57 Å². The molecule has 0 unspecified atom stereocenters. The van der Waals surface area contributed by atoms with Gasteiger partial charge in [-0.2, -0.15) is 0 Å². The zero-order chi connectivity index (χ0) is 12.3. The Labute approximate surface area is 103 Å². The Bertz CT molecular complexity index is 319. The predicted molar refractivity (Wildman–Crippen MR) is 67.6 cm³/mol. The summed E-state index contributed by atoms with van der Waals surface area (Å²) in [6.07, 6.45) is 8.62. The number of carbonyl (C=O) groups excluding carboxylic acids is 1. The van der Waals surface area contributed by atoms with Crippen molar-refractivity contribution >= 4 is 5.91 Å². The van der Waals surface area contributed by atoms with Crippen molar-refractivity contribution in [3.63, 3.8) is 0 Å². The Morgan fingerprint density at radius 2 is 1.82 bits per heavy atom. The third kappa shape index (κ3) is 2.71. The number of aliphatic hydroxyl groups excluding tert-OH is 1. The summed E-state index contributed by atoms with van der Waals surface area (Å²) >= 11 is 0. The normalized spacial score (nSPS) is 22.8. The van der Waals surface area contributed by atoms with E-state index in [-0.39, 0.29) is 18.1 Å². The highest BCUT2D eigenvalue weighted by Crippen LogP contribution is 2.31. The molecule has 96 valence electrons. The summed E-state index contributed by atoms with van der Waals surface area (Å²) in [7, 11) is 0. The lowest BCUT2D eigenvalue weighted by Gasteiger charge is -2.28. The van der Waals surface area contributed by atoms with Crippen LogP contribution in [0.25, 0.3) is 0 Å². The van der Waals surface area contributed by atoms with E-state index in [1.54, 1.807) is 0 Å². The first-order valence-electron chi connectivity index (χ1n) is 6.79. The molecule has 3 nitrogen and oxygen atoms in total. The van der Waals surface area contributed by atoms with E-state index in [0.29, 0.717) is 0 Å². The van der Waals surface area contributed by atoms with Crippen LogP contribution in [-0.2, 0) is 4.79 Å². The first-order valence-corrected chi connectivity index (χ1v) is 6.79. The first-order chi connectivity index (χ1) is 8.17. The average Bonchev–Trinajstić information content (AvgIpc) is 2.99. The average molecular weight is 237 g/mol. The van der Waals surface area contributed by atoms with Gasteiger partial charge in [0.2, 0.25) is 5.91 Å². The Kier molecular flexibility index (Phi) is 3.87. The summed E-state index contributed by atoms with van der Waals surface area (Å²) in [6.45, 7) is 2.00. The fourth-order valence-corrected chi connectivity index (χ4v) is 3.05. The lowest BCUT2D eigenvalue weighted by Crippen LogP contribution is -2.49. The maximum absolute atomic E-state index is 12.2. The maximum atomic E-state index is 12.2. The largest absolute Gasteiger partial charge is 0.394 e. The van der Waals surface area contributed by atoms with E-state index in [4.69, 9.17) is 0 Å². The van der Waals surface area contributed by atoms with Crippen molar-refractivity contribution in [1.29, 1.82) is 0 Å². The molecule has 0 atom stereocenters. The number of hydrogen-bond acceptors (Lipinski definition) is 2. The second-order valence-electron chi connectivity index (χ2n) is 5.54. The van der Waals surface area contributed by atoms with Gasteiger partial charge >= 0.3 is 0 Å². The van der Waals surface area contributed by atoms with E-state index in [9.17, 15) is 9.90 Å². The van der Waals surface area contributed by atoms with Gasteiger partial charge in [0.1, 0.15) is 0 Å². The SMILES string of the molecule is CC(C(=O)NC1(CO)CCCC1)=C1CCCC1. The molecular weight excluding hydrogens is 214 g/mol. The van der Waals surface area contributed by atoms with E-state index < -0.39 is 0 Å². The molecule has 2 saturated carbocycles. The quantitative estimate of drug-likeness (QED) is 0.740. The molecule has 0 aromatic carbocycles. The Hall–Kier alpha value is -0.830. The van der Waals surface area contributed by atoms with Gasteiger partial charge in [0.05, 0.1) is 12.1 Å². The van der Waals surface area contributed by atoms with Gasteiger partial charge in [-0.25, -0.2) is 0 Å². The number of nitrogens with one attached hydrogen (secondary N) is 1. The zero-order valence-electron chi connectivity index (χ0n) is 10.7. The molecule has 2 aliphatic rings. The smallest absolute Gasteiger partial charge is 0.247 e. The molecule has 0 heterocycles. The topological polar surface area (TPSA) is 49.3 Å². The van der Waals surface area contributed by atoms with Crippen LogP contribution >= 0.6 is 0 Å². The highest BCUT2D eigenvalue weighted by Gasteiger charge is 2.35. The number of carbonyl (C=O) groups is 1. The molecule has 0 aliphatic heterocycles. The van der Waals surface area contributed by atoms with E-state index in [2.05, 4.69) is 5.32 Å². The number of aliphatic hydroxyl groups is 1. The van der Waals surface area contributed by atoms with Crippen molar-refractivity contribution < 1.29 is 9.90 Å². The molecule has 0 aromatic heterocycles. The van der Waals surface area contributed by atoms with Crippen molar-refractivity contribution in [2.24, 2.45) is 0 Å². The summed E-state index contributed by atoms with van der Waals surface area (Å²) in [6, 6.07) is 0. The minimum absolute atomic E-state index is 0.0397. The molecule has 0 saturated heterocycles. The van der Waals surface area contributed by atoms with Gasteiger partial charge in [0.25, 0.3) is 0 Å². The summed E-state index contributed by atoms with van der Waals surface area (Å²) < 4.78 is 0. The third-order valence-corrected chi connectivity index (χ3v) is 4.32. The number of amides is 1. The van der Waals surface area contributed by atoms with Crippen molar-refractivity contribution in [2.75, 3.05) is 6.61 Å². The van der Waals surface area contributed by atoms with E-state index in [0.717, 1.165) is 44.1 Å². The maximum Gasteiger partial charge on any atom is 0.247 e. The van der Waals surface area contributed by atoms with E-state index in [1.165, 1.54) is 18.4 Å². The Morgan fingerprint density at radius 1 is 1.24 bits per heavy atom. The second-order valence-corrected chi connectivity index (χ2v) is 5.54. The van der Waals surface area contributed by atoms with Crippen LogP contribution in [0.1, 0.15) is 58.3 Å². The lowest BCUT2D eigenvalue weighted by atomic mass is 9.97. The van der Waals surface area contributed by atoms with Gasteiger partial charge in [-0.05, 0) is 45.4 Å². The zero-order valence-corrected chi connectivity index (χ0v) is 10.7. The molecular formula is C14H23NO2. The Balaban J connectivity index is 2.03. The number of hydrogen-bond donors (Lipinski definition) is 2. The molecule has 2 aliphatic carbocycles. The van der Waals surface area contributed by atoms with Crippen LogP contribution in [0.15, 0.2) is 11.1 Å². The van der Waals surface area contributed by atoms with Gasteiger partial charge in [-0.15, -0.1) is 0 Å². The van der Waals surface area contributed by atoms with Gasteiger partial charge in [-0.1, -0.05) is 18.4 Å². The molecule has 2 rings (SSSR count). The monoisotopic (exact) mass is 237 g/mol. The number of rotatable bonds is 3. The van der Waals surface area contributed by atoms with Crippen LogP contribution < -0.4 is 5.32 Å². The Morgan fingerprint density at radius 3 is 2.35 bits per heavy atom. The summed E-state index contributed by atoms with van der Waals surface area (Å²) in [5, 5.41) is 12.6. The van der Waals surface area contributed by atoms with E-state index >= 15 is 0 Å². The van der Waals surface area contributed by atoms with Gasteiger partial charge in [0.15, 0.2) is 0 Å². The fourth-order valence-electron chi connectivity index (χ4n) is 3.05. The van der Waals surface area contributed by atoms with Crippen LogP contribution in [0.4, 0.5) is 0 Å². The fraction of sp³-hybridized carbons (Fsp3) is 0.786. The van der Waals surface area contributed by atoms with Crippen molar-refractivity contribution in [3.8, 4) is 0 Å². The van der Waals surface area contributed by atoms with E-state index in [1.807, 2.05) is 6.92 Å². The molecule has 3 heteroatoms.